The van der Waals surface area contributed by atoms with E-state index in [-0.39, 0.29) is 5.41 Å². The molecule has 3 aromatic heterocycles. The van der Waals surface area contributed by atoms with Gasteiger partial charge in [0.1, 0.15) is 11.6 Å². The van der Waals surface area contributed by atoms with E-state index < -0.39 is 0 Å². The van der Waals surface area contributed by atoms with Gasteiger partial charge in [0.15, 0.2) is 0 Å². The maximum Gasteiger partial charge on any atom is 0.141 e. The second-order valence-electron chi connectivity index (χ2n) is 9.82. The Morgan fingerprint density at radius 1 is 0.939 bits per heavy atom. The van der Waals surface area contributed by atoms with Crippen LogP contribution in [-0.2, 0) is 5.41 Å². The van der Waals surface area contributed by atoms with Gasteiger partial charge in [0.25, 0.3) is 0 Å². The number of aromatic amines is 1. The zero-order valence-corrected chi connectivity index (χ0v) is 19.5. The molecule has 7 nitrogen and oxygen atoms in total. The van der Waals surface area contributed by atoms with Crippen molar-refractivity contribution in [1.29, 1.82) is 0 Å². The summed E-state index contributed by atoms with van der Waals surface area (Å²) in [6.07, 6.45) is 9.86. The number of hydrogen-bond acceptors (Lipinski definition) is 5. The lowest BCUT2D eigenvalue weighted by Crippen LogP contribution is -2.29. The van der Waals surface area contributed by atoms with E-state index >= 15 is 0 Å². The van der Waals surface area contributed by atoms with E-state index in [4.69, 9.17) is 5.73 Å². The van der Waals surface area contributed by atoms with Gasteiger partial charge in [-0.05, 0) is 48.5 Å². The van der Waals surface area contributed by atoms with Crippen LogP contribution in [0, 0.1) is 0 Å². The lowest BCUT2D eigenvalue weighted by Gasteiger charge is -2.22. The Kier molecular flexibility index (Phi) is 5.50. The van der Waals surface area contributed by atoms with Crippen LogP contribution in [-0.4, -0.2) is 37.8 Å². The standard InChI is InChI=1S/C26H31N7/c1-26(2,3)20-6-4-17(5-7-20)23-15-30-25(32-23)22-12-18(13-29-24(22)27)19-14-31-33(16-19)21-8-10-28-11-9-21/h4-7,12-16,21,28H,8-11H2,1-3H3,(H2,27,29)(H,30,32). The number of nitrogens with two attached hydrogens (primary N) is 1. The maximum absolute atomic E-state index is 6.24. The molecule has 7 heteroatoms. The Morgan fingerprint density at radius 3 is 2.42 bits per heavy atom. The summed E-state index contributed by atoms with van der Waals surface area (Å²) in [6.45, 7) is 8.72. The molecule has 0 radical (unpaired) electrons. The van der Waals surface area contributed by atoms with Crippen LogP contribution in [0.3, 0.4) is 0 Å². The van der Waals surface area contributed by atoms with E-state index in [1.807, 2.05) is 18.5 Å². The molecule has 0 unspecified atom stereocenters. The van der Waals surface area contributed by atoms with Crippen molar-refractivity contribution >= 4 is 5.82 Å². The normalized spacial score (nSPS) is 15.1. The number of anilines is 1. The first-order chi connectivity index (χ1) is 15.9. The van der Waals surface area contributed by atoms with Crippen LogP contribution in [0.5, 0.6) is 0 Å². The van der Waals surface area contributed by atoms with Crippen LogP contribution in [0.25, 0.3) is 33.8 Å². The molecule has 1 aliphatic rings. The molecule has 0 atom stereocenters. The number of pyridine rings is 1. The molecule has 0 saturated carbocycles. The zero-order chi connectivity index (χ0) is 23.0. The number of benzene rings is 1. The van der Waals surface area contributed by atoms with Gasteiger partial charge in [-0.25, -0.2) is 9.97 Å². The van der Waals surface area contributed by atoms with E-state index in [1.165, 1.54) is 5.56 Å². The highest BCUT2D eigenvalue weighted by Gasteiger charge is 2.18. The third-order valence-electron chi connectivity index (χ3n) is 6.43. The number of imidazole rings is 1. The van der Waals surface area contributed by atoms with Crippen LogP contribution in [0.4, 0.5) is 5.82 Å². The fourth-order valence-corrected chi connectivity index (χ4v) is 4.34. The average Bonchev–Trinajstić information content (AvgIpc) is 3.50. The maximum atomic E-state index is 6.24. The lowest BCUT2D eigenvalue weighted by molar-refractivity contribution is 0.343. The Morgan fingerprint density at radius 2 is 1.70 bits per heavy atom. The van der Waals surface area contributed by atoms with Crippen molar-refractivity contribution in [1.82, 2.24) is 30.0 Å². The molecule has 170 valence electrons. The molecule has 1 aromatic carbocycles. The first-order valence-electron chi connectivity index (χ1n) is 11.6. The molecule has 5 rings (SSSR count). The van der Waals surface area contributed by atoms with Gasteiger partial charge in [-0.2, -0.15) is 5.10 Å². The number of nitrogens with one attached hydrogen (secondary N) is 2. The number of H-pyrrole nitrogens is 1. The van der Waals surface area contributed by atoms with Gasteiger partial charge >= 0.3 is 0 Å². The van der Waals surface area contributed by atoms with Gasteiger partial charge in [0, 0.05) is 23.5 Å². The number of piperidine rings is 1. The summed E-state index contributed by atoms with van der Waals surface area (Å²) < 4.78 is 2.08. The van der Waals surface area contributed by atoms with Crippen molar-refractivity contribution in [3.63, 3.8) is 0 Å². The second kappa shape index (κ2) is 8.48. The number of hydrogen-bond donors (Lipinski definition) is 3. The molecule has 4 heterocycles. The van der Waals surface area contributed by atoms with Crippen LogP contribution in [0.15, 0.2) is 55.1 Å². The second-order valence-corrected chi connectivity index (χ2v) is 9.82. The minimum Gasteiger partial charge on any atom is -0.383 e. The minimum atomic E-state index is 0.125. The molecule has 4 aromatic rings. The van der Waals surface area contributed by atoms with Gasteiger partial charge in [0.2, 0.25) is 0 Å². The third-order valence-corrected chi connectivity index (χ3v) is 6.43. The highest BCUT2D eigenvalue weighted by molar-refractivity contribution is 5.77. The number of rotatable bonds is 4. The zero-order valence-electron chi connectivity index (χ0n) is 19.5. The van der Waals surface area contributed by atoms with Crippen LogP contribution < -0.4 is 11.1 Å². The molecule has 1 aliphatic heterocycles. The van der Waals surface area contributed by atoms with Crippen LogP contribution >= 0.6 is 0 Å². The van der Waals surface area contributed by atoms with E-state index in [0.717, 1.165) is 53.9 Å². The number of nitrogen functional groups attached to an aromatic ring is 1. The van der Waals surface area contributed by atoms with E-state index in [9.17, 15) is 0 Å². The molecule has 0 amide bonds. The quantitative estimate of drug-likeness (QED) is 0.422. The average molecular weight is 442 g/mol. The molecule has 0 spiro atoms. The summed E-state index contributed by atoms with van der Waals surface area (Å²) in [4.78, 5) is 12.5. The molecule has 33 heavy (non-hydrogen) atoms. The molecule has 1 fully saturated rings. The van der Waals surface area contributed by atoms with Gasteiger partial charge in [-0.3, -0.25) is 4.68 Å². The predicted octanol–water partition coefficient (Wildman–Crippen LogP) is 4.81. The van der Waals surface area contributed by atoms with E-state index in [2.05, 4.69) is 81.3 Å². The van der Waals surface area contributed by atoms with Crippen LogP contribution in [0.1, 0.15) is 45.2 Å². The van der Waals surface area contributed by atoms with E-state index in [0.29, 0.717) is 17.7 Å². The molecule has 0 aliphatic carbocycles. The fourth-order valence-electron chi connectivity index (χ4n) is 4.34. The topological polar surface area (TPSA) is 97.4 Å². The van der Waals surface area contributed by atoms with Gasteiger partial charge < -0.3 is 16.0 Å². The molecular formula is C26H31N7. The summed E-state index contributed by atoms with van der Waals surface area (Å²) in [5.41, 5.74) is 12.5. The molecule has 4 N–H and O–H groups in total. The first kappa shape index (κ1) is 21.4. The highest BCUT2D eigenvalue weighted by atomic mass is 15.3. The first-order valence-corrected chi connectivity index (χ1v) is 11.6. The third kappa shape index (κ3) is 4.41. The van der Waals surface area contributed by atoms with Gasteiger partial charge in [-0.1, -0.05) is 45.0 Å². The minimum absolute atomic E-state index is 0.125. The van der Waals surface area contributed by atoms with Crippen molar-refractivity contribution in [2.75, 3.05) is 18.8 Å². The Balaban J connectivity index is 1.41. The highest BCUT2D eigenvalue weighted by Crippen LogP contribution is 2.31. The van der Waals surface area contributed by atoms with Gasteiger partial charge in [-0.15, -0.1) is 0 Å². The van der Waals surface area contributed by atoms with Crippen molar-refractivity contribution in [3.8, 4) is 33.8 Å². The number of aromatic nitrogens is 5. The van der Waals surface area contributed by atoms with Crippen molar-refractivity contribution in [3.05, 3.63) is 60.7 Å². The Hall–Kier alpha value is -3.45. The van der Waals surface area contributed by atoms with Crippen molar-refractivity contribution in [2.45, 2.75) is 45.1 Å². The molecular weight excluding hydrogens is 410 g/mol. The summed E-state index contributed by atoms with van der Waals surface area (Å²) in [7, 11) is 0. The predicted molar refractivity (Wildman–Crippen MR) is 133 cm³/mol. The summed E-state index contributed by atoms with van der Waals surface area (Å²) in [5, 5.41) is 8.02. The summed E-state index contributed by atoms with van der Waals surface area (Å²) in [5.74, 6) is 1.16. The molecule has 1 saturated heterocycles. The SMILES string of the molecule is CC(C)(C)c1ccc(-c2cnc(-c3cc(-c4cnn(C5CCNCC5)c4)cnc3N)[nH]2)cc1. The van der Waals surface area contributed by atoms with Crippen molar-refractivity contribution in [2.24, 2.45) is 0 Å². The summed E-state index contributed by atoms with van der Waals surface area (Å²) in [6, 6.07) is 11.1. The smallest absolute Gasteiger partial charge is 0.141 e. The Labute approximate surface area is 194 Å². The van der Waals surface area contributed by atoms with E-state index in [1.54, 1.807) is 6.20 Å². The molecule has 0 bridgehead atoms. The largest absolute Gasteiger partial charge is 0.383 e. The van der Waals surface area contributed by atoms with Gasteiger partial charge in [0.05, 0.1) is 29.7 Å². The van der Waals surface area contributed by atoms with Crippen LogP contribution in [0.2, 0.25) is 0 Å². The van der Waals surface area contributed by atoms with Crippen molar-refractivity contribution < 1.29 is 0 Å². The Bertz CT molecular complexity index is 1240. The fraction of sp³-hybridized carbons (Fsp3) is 0.346. The summed E-state index contributed by atoms with van der Waals surface area (Å²) >= 11 is 0. The lowest BCUT2D eigenvalue weighted by atomic mass is 9.86. The monoisotopic (exact) mass is 441 g/mol. The number of nitrogens with zero attached hydrogens (tertiary/aromatic N) is 4.